The van der Waals surface area contributed by atoms with Gasteiger partial charge >= 0.3 is 0 Å². The molecule has 6 heteroatoms. The summed E-state index contributed by atoms with van der Waals surface area (Å²) in [5, 5.41) is 10.4. The number of nitrogens with zero attached hydrogens (tertiary/aromatic N) is 2. The van der Waals surface area contributed by atoms with Crippen molar-refractivity contribution in [3.63, 3.8) is 0 Å². The fourth-order valence-electron chi connectivity index (χ4n) is 3.39. The molecule has 1 aromatic heterocycles. The molecule has 2 amide bonds. The number of carbonyl (C=O) groups excluding carboxylic acids is 2. The van der Waals surface area contributed by atoms with E-state index in [-0.39, 0.29) is 24.3 Å². The molecular formula is C24H28N4O2. The summed E-state index contributed by atoms with van der Waals surface area (Å²) in [7, 11) is 0. The Balaban J connectivity index is 1.52. The fourth-order valence-corrected chi connectivity index (χ4v) is 3.39. The molecule has 2 aromatic carbocycles. The summed E-state index contributed by atoms with van der Waals surface area (Å²) >= 11 is 0. The third-order valence-electron chi connectivity index (χ3n) is 5.07. The van der Waals surface area contributed by atoms with E-state index in [1.807, 2.05) is 61.9 Å². The van der Waals surface area contributed by atoms with Crippen LogP contribution in [0.1, 0.15) is 46.2 Å². The first-order valence-electron chi connectivity index (χ1n) is 10.1. The predicted molar refractivity (Wildman–Crippen MR) is 117 cm³/mol. The zero-order valence-corrected chi connectivity index (χ0v) is 17.7. The van der Waals surface area contributed by atoms with Crippen LogP contribution in [0.3, 0.4) is 0 Å². The second-order valence-electron chi connectivity index (χ2n) is 7.51. The van der Waals surface area contributed by atoms with Gasteiger partial charge in [0.15, 0.2) is 0 Å². The van der Waals surface area contributed by atoms with Crippen LogP contribution in [0.25, 0.3) is 0 Å². The van der Waals surface area contributed by atoms with Gasteiger partial charge in [-0.25, -0.2) is 0 Å². The molecule has 1 unspecified atom stereocenters. The van der Waals surface area contributed by atoms with Gasteiger partial charge in [-0.3, -0.25) is 14.3 Å². The molecule has 0 radical (unpaired) electrons. The van der Waals surface area contributed by atoms with Crippen LogP contribution < -0.4 is 10.6 Å². The maximum absolute atomic E-state index is 12.4. The SMILES string of the molecule is Cc1nn(Cc2ccccc2)c(C)c1CNC(=O)CC(C)NC(=O)c1ccccc1. The highest BCUT2D eigenvalue weighted by molar-refractivity contribution is 5.94. The normalized spacial score (nSPS) is 11.7. The molecule has 0 aliphatic heterocycles. The number of amides is 2. The van der Waals surface area contributed by atoms with Crippen molar-refractivity contribution in [1.29, 1.82) is 0 Å². The Bertz CT molecular complexity index is 997. The molecule has 3 rings (SSSR count). The average molecular weight is 405 g/mol. The lowest BCUT2D eigenvalue weighted by Gasteiger charge is -2.14. The van der Waals surface area contributed by atoms with Crippen LogP contribution in [0.5, 0.6) is 0 Å². The van der Waals surface area contributed by atoms with Crippen LogP contribution in [0, 0.1) is 13.8 Å². The van der Waals surface area contributed by atoms with E-state index in [1.165, 1.54) is 5.56 Å². The molecular weight excluding hydrogens is 376 g/mol. The van der Waals surface area contributed by atoms with Gasteiger partial charge < -0.3 is 10.6 Å². The minimum Gasteiger partial charge on any atom is -0.352 e. The van der Waals surface area contributed by atoms with Crippen LogP contribution in [0.15, 0.2) is 60.7 Å². The first-order chi connectivity index (χ1) is 14.4. The number of aryl methyl sites for hydroxylation is 1. The van der Waals surface area contributed by atoms with Crippen molar-refractivity contribution in [2.24, 2.45) is 0 Å². The van der Waals surface area contributed by atoms with Crippen molar-refractivity contribution in [1.82, 2.24) is 20.4 Å². The molecule has 156 valence electrons. The average Bonchev–Trinajstić information content (AvgIpc) is 3.00. The monoisotopic (exact) mass is 404 g/mol. The summed E-state index contributed by atoms with van der Waals surface area (Å²) in [5.41, 5.74) is 4.75. The number of benzene rings is 2. The maximum Gasteiger partial charge on any atom is 0.251 e. The molecule has 30 heavy (non-hydrogen) atoms. The molecule has 0 aliphatic rings. The minimum atomic E-state index is -0.263. The zero-order valence-electron chi connectivity index (χ0n) is 17.7. The maximum atomic E-state index is 12.4. The summed E-state index contributed by atoms with van der Waals surface area (Å²) in [4.78, 5) is 24.6. The number of hydrogen-bond acceptors (Lipinski definition) is 3. The quantitative estimate of drug-likeness (QED) is 0.604. The second kappa shape index (κ2) is 9.87. The molecule has 6 nitrogen and oxygen atoms in total. The standard InChI is InChI=1S/C24H28N4O2/c1-17(26-24(30)21-12-8-5-9-13-21)14-23(29)25-15-22-18(2)27-28(19(22)3)16-20-10-6-4-7-11-20/h4-13,17H,14-16H2,1-3H3,(H,25,29)(H,26,30). The van der Waals surface area contributed by atoms with E-state index in [0.29, 0.717) is 18.7 Å². The number of rotatable bonds is 8. The van der Waals surface area contributed by atoms with Crippen molar-refractivity contribution >= 4 is 11.8 Å². The van der Waals surface area contributed by atoms with Crippen LogP contribution in [0.2, 0.25) is 0 Å². The van der Waals surface area contributed by atoms with E-state index in [0.717, 1.165) is 17.0 Å². The van der Waals surface area contributed by atoms with E-state index >= 15 is 0 Å². The van der Waals surface area contributed by atoms with E-state index in [1.54, 1.807) is 12.1 Å². The van der Waals surface area contributed by atoms with Crippen molar-refractivity contribution < 1.29 is 9.59 Å². The molecule has 2 N–H and O–H groups in total. The van der Waals surface area contributed by atoms with E-state index < -0.39 is 0 Å². The summed E-state index contributed by atoms with van der Waals surface area (Å²) < 4.78 is 1.97. The molecule has 0 saturated carbocycles. The van der Waals surface area contributed by atoms with Crippen molar-refractivity contribution in [3.8, 4) is 0 Å². The van der Waals surface area contributed by atoms with Gasteiger partial charge in [-0.15, -0.1) is 0 Å². The van der Waals surface area contributed by atoms with Gasteiger partial charge in [-0.2, -0.15) is 5.10 Å². The molecule has 1 heterocycles. The fraction of sp³-hybridized carbons (Fsp3) is 0.292. The van der Waals surface area contributed by atoms with Crippen LogP contribution in [0.4, 0.5) is 0 Å². The molecule has 1 atom stereocenters. The number of carbonyl (C=O) groups is 2. The predicted octanol–water partition coefficient (Wildman–Crippen LogP) is 3.37. The molecule has 0 spiro atoms. The van der Waals surface area contributed by atoms with Gasteiger partial charge in [0, 0.05) is 35.8 Å². The van der Waals surface area contributed by atoms with Gasteiger partial charge in [0.25, 0.3) is 5.91 Å². The Morgan fingerprint density at radius 2 is 1.63 bits per heavy atom. The molecule has 0 saturated heterocycles. The Morgan fingerprint density at radius 1 is 1.00 bits per heavy atom. The van der Waals surface area contributed by atoms with Gasteiger partial charge in [0.2, 0.25) is 5.91 Å². The number of nitrogens with one attached hydrogen (secondary N) is 2. The zero-order chi connectivity index (χ0) is 21.5. The third kappa shape index (κ3) is 5.56. The first-order valence-corrected chi connectivity index (χ1v) is 10.1. The molecule has 0 bridgehead atoms. The van der Waals surface area contributed by atoms with Gasteiger partial charge in [0.1, 0.15) is 0 Å². The van der Waals surface area contributed by atoms with Crippen molar-refractivity contribution in [2.45, 2.75) is 46.3 Å². The van der Waals surface area contributed by atoms with Crippen LogP contribution in [-0.4, -0.2) is 27.6 Å². The topological polar surface area (TPSA) is 76.0 Å². The Labute approximate surface area is 177 Å². The highest BCUT2D eigenvalue weighted by atomic mass is 16.2. The number of aromatic nitrogens is 2. The van der Waals surface area contributed by atoms with Crippen molar-refractivity contribution in [2.75, 3.05) is 0 Å². The number of hydrogen-bond donors (Lipinski definition) is 2. The highest BCUT2D eigenvalue weighted by Crippen LogP contribution is 2.15. The molecule has 0 aliphatic carbocycles. The lowest BCUT2D eigenvalue weighted by atomic mass is 10.1. The summed E-state index contributed by atoms with van der Waals surface area (Å²) in [6, 6.07) is 18.9. The second-order valence-corrected chi connectivity index (χ2v) is 7.51. The molecule has 3 aromatic rings. The minimum absolute atomic E-state index is 0.106. The van der Waals surface area contributed by atoms with Crippen molar-refractivity contribution in [3.05, 3.63) is 88.7 Å². The van der Waals surface area contributed by atoms with Crippen LogP contribution >= 0.6 is 0 Å². The Kier molecular flexibility index (Phi) is 7.01. The molecule has 0 fully saturated rings. The highest BCUT2D eigenvalue weighted by Gasteiger charge is 2.16. The van der Waals surface area contributed by atoms with E-state index in [2.05, 4.69) is 27.9 Å². The third-order valence-corrected chi connectivity index (χ3v) is 5.07. The van der Waals surface area contributed by atoms with Gasteiger partial charge in [0.05, 0.1) is 12.2 Å². The van der Waals surface area contributed by atoms with E-state index in [4.69, 9.17) is 0 Å². The Morgan fingerprint density at radius 3 is 2.30 bits per heavy atom. The summed E-state index contributed by atoms with van der Waals surface area (Å²) in [6.07, 6.45) is 0.217. The van der Waals surface area contributed by atoms with Gasteiger partial charge in [-0.1, -0.05) is 48.5 Å². The lowest BCUT2D eigenvalue weighted by molar-refractivity contribution is -0.121. The summed E-state index contributed by atoms with van der Waals surface area (Å²) in [5.74, 6) is -0.282. The summed E-state index contributed by atoms with van der Waals surface area (Å²) in [6.45, 7) is 6.93. The van der Waals surface area contributed by atoms with Gasteiger partial charge in [-0.05, 0) is 38.5 Å². The lowest BCUT2D eigenvalue weighted by Crippen LogP contribution is -2.37. The Hall–Kier alpha value is -3.41. The first kappa shape index (κ1) is 21.3. The van der Waals surface area contributed by atoms with Crippen LogP contribution in [-0.2, 0) is 17.9 Å². The smallest absolute Gasteiger partial charge is 0.251 e. The van der Waals surface area contributed by atoms with E-state index in [9.17, 15) is 9.59 Å². The largest absolute Gasteiger partial charge is 0.352 e.